The van der Waals surface area contributed by atoms with E-state index in [1.54, 1.807) is 0 Å². The first-order valence-corrected chi connectivity index (χ1v) is 9.23. The summed E-state index contributed by atoms with van der Waals surface area (Å²) in [5, 5.41) is 3.65. The second kappa shape index (κ2) is 6.96. The summed E-state index contributed by atoms with van der Waals surface area (Å²) in [6, 6.07) is 15.9. The van der Waals surface area contributed by atoms with Crippen molar-refractivity contribution >= 4 is 23.2 Å². The van der Waals surface area contributed by atoms with Crippen LogP contribution in [-0.4, -0.2) is 10.5 Å². The van der Waals surface area contributed by atoms with Gasteiger partial charge in [0.15, 0.2) is 12.2 Å². The number of nitrogens with zero attached hydrogens (tertiary/aromatic N) is 2. The monoisotopic (exact) mass is 366 g/mol. The van der Waals surface area contributed by atoms with Gasteiger partial charge < -0.3 is 5.32 Å². The smallest absolute Gasteiger partial charge is 0.266 e. The molecule has 132 valence electrons. The third kappa shape index (κ3) is 3.13. The number of amides is 1. The van der Waals surface area contributed by atoms with Gasteiger partial charge in [-0.05, 0) is 31.0 Å². The number of hydrogen-bond donors (Lipinski definition) is 1. The fraction of sp³-hybridized carbons (Fsp3) is 0.238. The second-order valence-electron chi connectivity index (χ2n) is 6.64. The second-order valence-corrected chi connectivity index (χ2v) is 7.05. The highest BCUT2D eigenvalue weighted by Crippen LogP contribution is 2.25. The lowest BCUT2D eigenvalue weighted by Gasteiger charge is -2.08. The van der Waals surface area contributed by atoms with Crippen molar-refractivity contribution in [2.45, 2.75) is 32.9 Å². The summed E-state index contributed by atoms with van der Waals surface area (Å²) < 4.78 is 4.40. The number of imidazole rings is 1. The van der Waals surface area contributed by atoms with Crippen LogP contribution in [0.3, 0.4) is 0 Å². The topological polar surface area (TPSA) is 37.9 Å². The molecule has 1 N–H and O–H groups in total. The average molecular weight is 367 g/mol. The van der Waals surface area contributed by atoms with Crippen LogP contribution in [0.5, 0.6) is 0 Å². The molecule has 2 aromatic carbocycles. The van der Waals surface area contributed by atoms with Gasteiger partial charge in [-0.3, -0.25) is 4.79 Å². The number of halogens is 1. The number of nitrogens with one attached hydrogen (secondary N) is 1. The largest absolute Gasteiger partial charge is 0.322 e. The van der Waals surface area contributed by atoms with Gasteiger partial charge in [0.25, 0.3) is 11.7 Å². The van der Waals surface area contributed by atoms with E-state index >= 15 is 0 Å². The van der Waals surface area contributed by atoms with Crippen molar-refractivity contribution in [1.82, 2.24) is 4.57 Å². The molecule has 0 radical (unpaired) electrons. The van der Waals surface area contributed by atoms with Crippen LogP contribution >= 0.6 is 11.6 Å². The molecule has 4 nitrogen and oxygen atoms in total. The molecule has 2 heterocycles. The molecule has 1 aromatic heterocycles. The Bertz CT molecular complexity index is 963. The Morgan fingerprint density at radius 3 is 2.81 bits per heavy atom. The predicted octanol–water partition coefficient (Wildman–Crippen LogP) is 3.99. The van der Waals surface area contributed by atoms with Gasteiger partial charge in [-0.15, -0.1) is 0 Å². The fourth-order valence-corrected chi connectivity index (χ4v) is 3.75. The maximum Gasteiger partial charge on any atom is 0.266 e. The highest BCUT2D eigenvalue weighted by molar-refractivity contribution is 6.31. The van der Waals surface area contributed by atoms with Crippen LogP contribution in [-0.2, 0) is 24.3 Å². The van der Waals surface area contributed by atoms with Crippen molar-refractivity contribution in [3.63, 3.8) is 0 Å². The molecular formula is C21H21ClN3O+. The average Bonchev–Trinajstić information content (AvgIpc) is 3.24. The third-order valence-electron chi connectivity index (χ3n) is 4.92. The van der Waals surface area contributed by atoms with Crippen molar-refractivity contribution in [2.24, 2.45) is 0 Å². The first kappa shape index (κ1) is 16.9. The Kier molecular flexibility index (Phi) is 4.51. The van der Waals surface area contributed by atoms with E-state index in [2.05, 4.69) is 32.8 Å². The Morgan fingerprint density at radius 2 is 2.00 bits per heavy atom. The molecule has 5 heteroatoms. The zero-order valence-electron chi connectivity index (χ0n) is 14.7. The molecule has 1 amide bonds. The van der Waals surface area contributed by atoms with E-state index < -0.39 is 0 Å². The third-order valence-corrected chi connectivity index (χ3v) is 5.33. The number of aromatic nitrogens is 2. The lowest BCUT2D eigenvalue weighted by Crippen LogP contribution is -2.42. The highest BCUT2D eigenvalue weighted by atomic mass is 35.5. The van der Waals surface area contributed by atoms with Crippen LogP contribution in [0.2, 0.25) is 5.02 Å². The summed E-state index contributed by atoms with van der Waals surface area (Å²) in [6.07, 6.45) is 4.20. The maximum absolute atomic E-state index is 12.6. The van der Waals surface area contributed by atoms with Crippen LogP contribution in [0, 0.1) is 6.92 Å². The van der Waals surface area contributed by atoms with Gasteiger partial charge in [0.05, 0.1) is 13.0 Å². The molecule has 26 heavy (non-hydrogen) atoms. The molecule has 0 saturated carbocycles. The van der Waals surface area contributed by atoms with Crippen molar-refractivity contribution in [3.8, 4) is 11.3 Å². The zero-order valence-corrected chi connectivity index (χ0v) is 15.5. The predicted molar refractivity (Wildman–Crippen MR) is 103 cm³/mol. The number of carbonyl (C=O) groups excluding carboxylic acids is 1. The number of hydrogen-bond acceptors (Lipinski definition) is 1. The lowest BCUT2D eigenvalue weighted by molar-refractivity contribution is -0.690. The molecule has 4 rings (SSSR count). The van der Waals surface area contributed by atoms with Gasteiger partial charge in [-0.25, -0.2) is 9.13 Å². The molecule has 0 fully saturated rings. The van der Waals surface area contributed by atoms with Gasteiger partial charge >= 0.3 is 0 Å². The van der Waals surface area contributed by atoms with E-state index in [0.29, 0.717) is 11.6 Å². The van der Waals surface area contributed by atoms with E-state index in [4.69, 9.17) is 11.6 Å². The molecular weight excluding hydrogens is 346 g/mol. The van der Waals surface area contributed by atoms with Crippen LogP contribution < -0.4 is 9.88 Å². The Morgan fingerprint density at radius 1 is 1.19 bits per heavy atom. The van der Waals surface area contributed by atoms with Crippen LogP contribution in [0.1, 0.15) is 17.8 Å². The van der Waals surface area contributed by atoms with E-state index in [0.717, 1.165) is 30.6 Å². The normalized spacial score (nSPS) is 12.8. The number of fused-ring (bicyclic) bond motifs is 1. The van der Waals surface area contributed by atoms with Gasteiger partial charge in [-0.2, -0.15) is 0 Å². The SMILES string of the molecule is Cc1c(Cl)cccc1NC(=O)C[n+]1cc(-c2ccccc2)n2c1CCC2. The first-order valence-electron chi connectivity index (χ1n) is 8.86. The summed E-state index contributed by atoms with van der Waals surface area (Å²) >= 11 is 6.15. The standard InChI is InChI=1S/C21H20ClN3O/c1-15-17(22)9-5-10-18(15)23-20(26)14-24-13-19(16-7-3-2-4-8-16)25-12-6-11-21(24)25/h2-5,7-10,13H,6,11-12,14H2,1H3/p+1. The molecule has 0 saturated heterocycles. The minimum absolute atomic E-state index is 0.0414. The summed E-state index contributed by atoms with van der Waals surface area (Å²) in [6.45, 7) is 3.21. The molecule has 0 spiro atoms. The summed E-state index contributed by atoms with van der Waals surface area (Å²) in [5.74, 6) is 1.17. The van der Waals surface area contributed by atoms with E-state index in [1.165, 1.54) is 17.1 Å². The molecule has 0 unspecified atom stereocenters. The minimum atomic E-state index is -0.0414. The van der Waals surface area contributed by atoms with Gasteiger partial charge in [0, 0.05) is 16.3 Å². The molecule has 0 aliphatic carbocycles. The van der Waals surface area contributed by atoms with Crippen molar-refractivity contribution in [1.29, 1.82) is 0 Å². The molecule has 1 aliphatic rings. The molecule has 0 atom stereocenters. The van der Waals surface area contributed by atoms with Gasteiger partial charge in [0.2, 0.25) is 0 Å². The summed E-state index contributed by atoms with van der Waals surface area (Å²) in [7, 11) is 0. The minimum Gasteiger partial charge on any atom is -0.322 e. The first-order chi connectivity index (χ1) is 12.6. The molecule has 3 aromatic rings. The number of rotatable bonds is 4. The van der Waals surface area contributed by atoms with Gasteiger partial charge in [-0.1, -0.05) is 48.0 Å². The summed E-state index contributed by atoms with van der Waals surface area (Å²) in [5.41, 5.74) is 4.01. The van der Waals surface area contributed by atoms with Crippen molar-refractivity contribution in [3.05, 3.63) is 71.1 Å². The number of anilines is 1. The zero-order chi connectivity index (χ0) is 18.1. The van der Waals surface area contributed by atoms with E-state index in [1.807, 2.05) is 43.3 Å². The van der Waals surface area contributed by atoms with Crippen molar-refractivity contribution in [2.75, 3.05) is 5.32 Å². The van der Waals surface area contributed by atoms with Crippen LogP contribution in [0.4, 0.5) is 5.69 Å². The lowest BCUT2D eigenvalue weighted by atomic mass is 10.2. The van der Waals surface area contributed by atoms with Gasteiger partial charge in [0.1, 0.15) is 6.20 Å². The fourth-order valence-electron chi connectivity index (χ4n) is 3.57. The Labute approximate surface area is 158 Å². The Hall–Kier alpha value is -2.59. The summed E-state index contributed by atoms with van der Waals surface area (Å²) in [4.78, 5) is 12.6. The van der Waals surface area contributed by atoms with Crippen molar-refractivity contribution < 1.29 is 9.36 Å². The maximum atomic E-state index is 12.6. The quantitative estimate of drug-likeness (QED) is 0.696. The molecule has 1 aliphatic heterocycles. The van der Waals surface area contributed by atoms with Crippen LogP contribution in [0.15, 0.2) is 54.7 Å². The highest BCUT2D eigenvalue weighted by Gasteiger charge is 2.29. The molecule has 0 bridgehead atoms. The Balaban J connectivity index is 1.59. The van der Waals surface area contributed by atoms with Crippen LogP contribution in [0.25, 0.3) is 11.3 Å². The number of carbonyl (C=O) groups is 1. The van der Waals surface area contributed by atoms with E-state index in [-0.39, 0.29) is 5.91 Å². The number of benzene rings is 2. The van der Waals surface area contributed by atoms with E-state index in [9.17, 15) is 4.79 Å².